The Balaban J connectivity index is 0.00000121. The first-order chi connectivity index (χ1) is 5.09. The summed E-state index contributed by atoms with van der Waals surface area (Å²) in [6.07, 6.45) is 0. The van der Waals surface area contributed by atoms with Gasteiger partial charge in [0.2, 0.25) is 0 Å². The van der Waals surface area contributed by atoms with Crippen LogP contribution in [-0.4, -0.2) is 21.0 Å². The minimum atomic E-state index is -1.34. The van der Waals surface area contributed by atoms with Crippen molar-refractivity contribution < 1.29 is 37.2 Å². The zero-order valence-corrected chi connectivity index (χ0v) is 9.99. The number of nitrogens with one attached hydrogen (secondary N) is 2. The number of carboxylic acid groups (broad SMARTS) is 1. The van der Waals surface area contributed by atoms with Crippen LogP contribution in [0.15, 0.2) is 15.7 Å². The second-order valence-electron chi connectivity index (χ2n) is 1.81. The molecule has 0 saturated carbocycles. The SMILES string of the molecule is O=C(O)c1cc(=O)[nH]c(=O)[nH]1.[Cd]. The van der Waals surface area contributed by atoms with Gasteiger partial charge < -0.3 is 10.1 Å². The van der Waals surface area contributed by atoms with E-state index < -0.39 is 22.9 Å². The van der Waals surface area contributed by atoms with Crippen LogP contribution in [0.25, 0.3) is 0 Å². The van der Waals surface area contributed by atoms with Crippen molar-refractivity contribution in [2.45, 2.75) is 0 Å². The Hall–Kier alpha value is -0.928. The number of hydrogen-bond acceptors (Lipinski definition) is 3. The van der Waals surface area contributed by atoms with Gasteiger partial charge in [0.25, 0.3) is 5.56 Å². The molecule has 0 unspecified atom stereocenters. The molecule has 1 aromatic rings. The summed E-state index contributed by atoms with van der Waals surface area (Å²) in [6.45, 7) is 0. The third-order valence-corrected chi connectivity index (χ3v) is 0.991. The average Bonchev–Trinajstić information content (AvgIpc) is 1.85. The maximum absolute atomic E-state index is 10.5. The number of aromatic carboxylic acids is 1. The summed E-state index contributed by atoms with van der Waals surface area (Å²) in [5.74, 6) is -1.34. The van der Waals surface area contributed by atoms with Crippen LogP contribution in [0, 0.1) is 0 Å². The molecule has 0 spiro atoms. The Labute approximate surface area is 85.8 Å². The Morgan fingerprint density at radius 2 is 1.92 bits per heavy atom. The normalized spacial score (nSPS) is 8.67. The van der Waals surface area contributed by atoms with Crippen molar-refractivity contribution >= 4 is 5.97 Å². The third kappa shape index (κ3) is 2.60. The van der Waals surface area contributed by atoms with Crippen LogP contribution >= 0.6 is 0 Å². The fraction of sp³-hybridized carbons (Fsp3) is 0. The summed E-state index contributed by atoms with van der Waals surface area (Å²) < 4.78 is 0. The summed E-state index contributed by atoms with van der Waals surface area (Å²) in [5.41, 5.74) is -1.97. The fourth-order valence-corrected chi connectivity index (χ4v) is 0.584. The van der Waals surface area contributed by atoms with Crippen LogP contribution in [0.4, 0.5) is 0 Å². The van der Waals surface area contributed by atoms with Crippen molar-refractivity contribution in [2.75, 3.05) is 0 Å². The van der Waals surface area contributed by atoms with Crippen LogP contribution in [0.5, 0.6) is 0 Å². The van der Waals surface area contributed by atoms with Crippen molar-refractivity contribution in [3.8, 4) is 0 Å². The largest absolute Gasteiger partial charge is 0.477 e. The summed E-state index contributed by atoms with van der Waals surface area (Å²) in [7, 11) is 0. The van der Waals surface area contributed by atoms with E-state index in [2.05, 4.69) is 0 Å². The van der Waals surface area contributed by atoms with Gasteiger partial charge in [0.15, 0.2) is 0 Å². The van der Waals surface area contributed by atoms with Gasteiger partial charge in [-0.15, -0.1) is 0 Å². The molecular weight excluding hydrogens is 264 g/mol. The van der Waals surface area contributed by atoms with Crippen molar-refractivity contribution in [2.24, 2.45) is 0 Å². The molecule has 0 bridgehead atoms. The topological polar surface area (TPSA) is 103 Å². The summed E-state index contributed by atoms with van der Waals surface area (Å²) in [6, 6.07) is 0.795. The predicted molar refractivity (Wildman–Crippen MR) is 34.6 cm³/mol. The number of carboxylic acids is 1. The van der Waals surface area contributed by atoms with E-state index in [1.165, 1.54) is 0 Å². The first-order valence-electron chi connectivity index (χ1n) is 2.66. The van der Waals surface area contributed by atoms with Gasteiger partial charge in [-0.3, -0.25) is 9.78 Å². The van der Waals surface area contributed by atoms with Crippen LogP contribution < -0.4 is 11.2 Å². The van der Waals surface area contributed by atoms with E-state index in [0.717, 1.165) is 6.07 Å². The monoisotopic (exact) mass is 270 g/mol. The van der Waals surface area contributed by atoms with Gasteiger partial charge in [0.05, 0.1) is 0 Å². The van der Waals surface area contributed by atoms with Crippen LogP contribution in [0.2, 0.25) is 0 Å². The van der Waals surface area contributed by atoms with E-state index >= 15 is 0 Å². The first kappa shape index (κ1) is 11.1. The molecule has 0 aliphatic rings. The Bertz CT molecular complexity index is 365. The molecule has 0 aliphatic heterocycles. The molecule has 6 nitrogen and oxygen atoms in total. The van der Waals surface area contributed by atoms with E-state index in [-0.39, 0.29) is 27.3 Å². The number of carbonyl (C=O) groups is 1. The Morgan fingerprint density at radius 1 is 1.33 bits per heavy atom. The second kappa shape index (κ2) is 4.19. The maximum atomic E-state index is 10.5. The van der Waals surface area contributed by atoms with Gasteiger partial charge in [-0.1, -0.05) is 0 Å². The number of hydrogen-bond donors (Lipinski definition) is 3. The molecule has 1 aromatic heterocycles. The van der Waals surface area contributed by atoms with Crippen molar-refractivity contribution in [3.05, 3.63) is 32.6 Å². The smallest absolute Gasteiger partial charge is 0.352 e. The minimum absolute atomic E-state index is 0. The molecule has 1 rings (SSSR count). The van der Waals surface area contributed by atoms with E-state index in [4.69, 9.17) is 5.11 Å². The predicted octanol–water partition coefficient (Wildman–Crippen LogP) is -1.24. The van der Waals surface area contributed by atoms with Gasteiger partial charge in [-0.05, 0) is 0 Å². The molecule has 0 atom stereocenters. The molecule has 0 saturated heterocycles. The van der Waals surface area contributed by atoms with E-state index in [1.807, 2.05) is 9.97 Å². The van der Waals surface area contributed by atoms with Crippen LogP contribution in [-0.2, 0) is 27.3 Å². The first-order valence-corrected chi connectivity index (χ1v) is 2.66. The molecule has 0 fully saturated rings. The molecular formula is C5H4CdN2O4. The minimum Gasteiger partial charge on any atom is -0.477 e. The summed E-state index contributed by atoms with van der Waals surface area (Å²) >= 11 is 0. The molecule has 0 amide bonds. The van der Waals surface area contributed by atoms with Crippen molar-refractivity contribution in [1.82, 2.24) is 9.97 Å². The molecule has 7 heteroatoms. The standard InChI is InChI=1S/C5H4N2O4.Cd/c8-3-1-2(4(9)10)6-5(11)7-3;/h1H,(H,9,10)(H2,6,7,8,11);. The van der Waals surface area contributed by atoms with Crippen LogP contribution in [0.3, 0.4) is 0 Å². The third-order valence-electron chi connectivity index (χ3n) is 0.991. The molecule has 60 valence electrons. The van der Waals surface area contributed by atoms with E-state index in [1.54, 1.807) is 0 Å². The molecule has 0 aliphatic carbocycles. The molecule has 1 heterocycles. The average molecular weight is 269 g/mol. The zero-order chi connectivity index (χ0) is 8.43. The molecule has 12 heavy (non-hydrogen) atoms. The molecule has 0 aromatic carbocycles. The van der Waals surface area contributed by atoms with Gasteiger partial charge in [0.1, 0.15) is 5.69 Å². The Morgan fingerprint density at radius 3 is 2.33 bits per heavy atom. The van der Waals surface area contributed by atoms with Gasteiger partial charge in [-0.2, -0.15) is 0 Å². The molecule has 0 radical (unpaired) electrons. The Kier molecular flexibility index (Phi) is 3.86. The van der Waals surface area contributed by atoms with Crippen LogP contribution in [0.1, 0.15) is 10.5 Å². The van der Waals surface area contributed by atoms with Crippen molar-refractivity contribution in [3.63, 3.8) is 0 Å². The van der Waals surface area contributed by atoms with E-state index in [0.29, 0.717) is 0 Å². The summed E-state index contributed by atoms with van der Waals surface area (Å²) in [5, 5.41) is 8.31. The second-order valence-corrected chi connectivity index (χ2v) is 1.81. The fourth-order valence-electron chi connectivity index (χ4n) is 0.584. The number of H-pyrrole nitrogens is 2. The van der Waals surface area contributed by atoms with Gasteiger partial charge in [-0.25, -0.2) is 9.59 Å². The van der Waals surface area contributed by atoms with Gasteiger partial charge >= 0.3 is 11.7 Å². The summed E-state index contributed by atoms with van der Waals surface area (Å²) in [4.78, 5) is 34.9. The van der Waals surface area contributed by atoms with E-state index in [9.17, 15) is 14.4 Å². The quantitative estimate of drug-likeness (QED) is 0.554. The zero-order valence-electron chi connectivity index (χ0n) is 5.96. The molecule has 3 N–H and O–H groups in total. The number of aromatic nitrogens is 2. The van der Waals surface area contributed by atoms with Gasteiger partial charge in [0, 0.05) is 33.4 Å². The van der Waals surface area contributed by atoms with Crippen molar-refractivity contribution in [1.29, 1.82) is 0 Å². The number of aromatic amines is 2. The number of rotatable bonds is 1. The maximum Gasteiger partial charge on any atom is 0.352 e.